The van der Waals surface area contributed by atoms with Crippen molar-refractivity contribution in [2.75, 3.05) is 23.9 Å². The second-order valence-electron chi connectivity index (χ2n) is 6.84. The van der Waals surface area contributed by atoms with Crippen molar-refractivity contribution in [2.24, 2.45) is 0 Å². The number of hydrogen-bond donors (Lipinski definition) is 1. The second-order valence-corrected chi connectivity index (χ2v) is 6.84. The number of nitrogens with one attached hydrogen (secondary N) is 1. The van der Waals surface area contributed by atoms with E-state index >= 15 is 0 Å². The Bertz CT molecular complexity index is 870. The molecule has 0 aliphatic rings. The lowest BCUT2D eigenvalue weighted by atomic mass is 10.1. The van der Waals surface area contributed by atoms with Crippen LogP contribution in [0.4, 0.5) is 11.8 Å². The van der Waals surface area contributed by atoms with Crippen LogP contribution in [0.5, 0.6) is 5.75 Å². The molecule has 3 aromatic rings. The number of aromatic nitrogens is 3. The minimum atomic E-state index is 0.255. The summed E-state index contributed by atoms with van der Waals surface area (Å²) in [5, 5.41) is 11.7. The van der Waals surface area contributed by atoms with Crippen LogP contribution < -0.4 is 15.0 Å². The zero-order valence-corrected chi connectivity index (χ0v) is 16.7. The minimum Gasteiger partial charge on any atom is -0.496 e. The molecular formula is C22H27N5O. The first-order valence-corrected chi connectivity index (χ1v) is 9.53. The molecule has 6 heteroatoms. The molecule has 1 aromatic heterocycles. The van der Waals surface area contributed by atoms with E-state index in [0.29, 0.717) is 5.95 Å². The maximum Gasteiger partial charge on any atom is 0.247 e. The van der Waals surface area contributed by atoms with Crippen LogP contribution in [0.1, 0.15) is 25.0 Å². The van der Waals surface area contributed by atoms with E-state index < -0.39 is 0 Å². The molecule has 0 spiro atoms. The van der Waals surface area contributed by atoms with Crippen LogP contribution >= 0.6 is 0 Å². The Morgan fingerprint density at radius 2 is 1.79 bits per heavy atom. The topological polar surface area (TPSA) is 63.2 Å². The molecule has 1 N–H and O–H groups in total. The number of rotatable bonds is 9. The summed E-state index contributed by atoms with van der Waals surface area (Å²) in [6.07, 6.45) is 2.49. The summed E-state index contributed by atoms with van der Waals surface area (Å²) in [5.74, 6) is 2.25. The van der Waals surface area contributed by atoms with Gasteiger partial charge in [0.2, 0.25) is 5.95 Å². The van der Waals surface area contributed by atoms with Gasteiger partial charge < -0.3 is 15.0 Å². The van der Waals surface area contributed by atoms with Crippen molar-refractivity contribution in [2.45, 2.75) is 32.9 Å². The van der Waals surface area contributed by atoms with Crippen molar-refractivity contribution in [3.63, 3.8) is 0 Å². The Labute approximate surface area is 166 Å². The van der Waals surface area contributed by atoms with Gasteiger partial charge in [0.15, 0.2) is 5.82 Å². The van der Waals surface area contributed by atoms with Crippen LogP contribution in [-0.2, 0) is 13.0 Å². The molecule has 6 nitrogen and oxygen atoms in total. The number of anilines is 2. The van der Waals surface area contributed by atoms with Crippen molar-refractivity contribution in [1.29, 1.82) is 0 Å². The third-order valence-electron chi connectivity index (χ3n) is 4.52. The lowest BCUT2D eigenvalue weighted by Gasteiger charge is -2.26. The molecule has 0 aliphatic heterocycles. The zero-order valence-electron chi connectivity index (χ0n) is 16.7. The highest BCUT2D eigenvalue weighted by Gasteiger charge is 2.15. The molecule has 2 aromatic carbocycles. The van der Waals surface area contributed by atoms with Crippen LogP contribution in [0, 0.1) is 0 Å². The molecule has 3 rings (SSSR count). The molecule has 28 heavy (non-hydrogen) atoms. The van der Waals surface area contributed by atoms with E-state index in [0.717, 1.165) is 36.6 Å². The first-order chi connectivity index (χ1) is 13.7. The van der Waals surface area contributed by atoms with Crippen molar-refractivity contribution in [1.82, 2.24) is 15.2 Å². The average Bonchev–Trinajstić information content (AvgIpc) is 2.73. The number of benzene rings is 2. The largest absolute Gasteiger partial charge is 0.496 e. The summed E-state index contributed by atoms with van der Waals surface area (Å²) in [6.45, 7) is 5.74. The molecule has 0 atom stereocenters. The molecule has 146 valence electrons. The third kappa shape index (κ3) is 5.19. The Kier molecular flexibility index (Phi) is 6.78. The van der Waals surface area contributed by atoms with Crippen LogP contribution in [0.15, 0.2) is 60.8 Å². The normalized spacial score (nSPS) is 10.7. The van der Waals surface area contributed by atoms with Gasteiger partial charge in [-0.3, -0.25) is 0 Å². The lowest BCUT2D eigenvalue weighted by Crippen LogP contribution is -2.32. The van der Waals surface area contributed by atoms with Crippen LogP contribution in [-0.4, -0.2) is 34.9 Å². The summed E-state index contributed by atoms with van der Waals surface area (Å²) >= 11 is 0. The standard InChI is InChI=1S/C22H27N5O/c1-17(2)27(16-18-9-5-4-6-10-18)22-25-21(15-24-26-22)23-14-13-19-11-7-8-12-20(19)28-3/h4-12,15,17H,13-14,16H2,1-3H3,(H,23,25,26). The number of para-hydroxylation sites is 1. The molecule has 0 aliphatic carbocycles. The van der Waals surface area contributed by atoms with Crippen molar-refractivity contribution in [3.8, 4) is 5.75 Å². The molecular weight excluding hydrogens is 350 g/mol. The van der Waals surface area contributed by atoms with Gasteiger partial charge in [0.25, 0.3) is 0 Å². The van der Waals surface area contributed by atoms with Gasteiger partial charge in [0, 0.05) is 19.1 Å². The maximum absolute atomic E-state index is 5.41. The highest BCUT2D eigenvalue weighted by Crippen LogP contribution is 2.19. The van der Waals surface area contributed by atoms with Gasteiger partial charge in [0.05, 0.1) is 13.3 Å². The number of ether oxygens (including phenoxy) is 1. The quantitative estimate of drug-likeness (QED) is 0.609. The van der Waals surface area contributed by atoms with Gasteiger partial charge in [-0.05, 0) is 37.5 Å². The number of nitrogens with zero attached hydrogens (tertiary/aromatic N) is 4. The van der Waals surface area contributed by atoms with E-state index in [1.807, 2.05) is 36.4 Å². The van der Waals surface area contributed by atoms with E-state index in [2.05, 4.69) is 57.4 Å². The highest BCUT2D eigenvalue weighted by atomic mass is 16.5. The third-order valence-corrected chi connectivity index (χ3v) is 4.52. The summed E-state index contributed by atoms with van der Waals surface area (Å²) in [5.41, 5.74) is 2.38. The second kappa shape index (κ2) is 9.69. The Morgan fingerprint density at radius 3 is 2.54 bits per heavy atom. The van der Waals surface area contributed by atoms with Crippen LogP contribution in [0.3, 0.4) is 0 Å². The fraction of sp³-hybridized carbons (Fsp3) is 0.318. The monoisotopic (exact) mass is 377 g/mol. The lowest BCUT2D eigenvalue weighted by molar-refractivity contribution is 0.410. The molecule has 0 saturated carbocycles. The van der Waals surface area contributed by atoms with Crippen molar-refractivity contribution < 1.29 is 4.74 Å². The van der Waals surface area contributed by atoms with E-state index in [4.69, 9.17) is 4.74 Å². The molecule has 0 bridgehead atoms. The van der Waals surface area contributed by atoms with E-state index in [9.17, 15) is 0 Å². The smallest absolute Gasteiger partial charge is 0.247 e. The fourth-order valence-electron chi connectivity index (χ4n) is 3.00. The summed E-state index contributed by atoms with van der Waals surface area (Å²) in [7, 11) is 1.69. The molecule has 0 saturated heterocycles. The van der Waals surface area contributed by atoms with Gasteiger partial charge >= 0.3 is 0 Å². The fourth-order valence-corrected chi connectivity index (χ4v) is 3.00. The zero-order chi connectivity index (χ0) is 19.8. The van der Waals surface area contributed by atoms with E-state index in [1.54, 1.807) is 13.3 Å². The number of hydrogen-bond acceptors (Lipinski definition) is 6. The summed E-state index contributed by atoms with van der Waals surface area (Å²) in [4.78, 5) is 6.82. The van der Waals surface area contributed by atoms with Crippen LogP contribution in [0.25, 0.3) is 0 Å². The Balaban J connectivity index is 1.66. The van der Waals surface area contributed by atoms with Crippen molar-refractivity contribution >= 4 is 11.8 Å². The summed E-state index contributed by atoms with van der Waals surface area (Å²) in [6, 6.07) is 18.6. The van der Waals surface area contributed by atoms with Crippen LogP contribution in [0.2, 0.25) is 0 Å². The SMILES string of the molecule is COc1ccccc1CCNc1cnnc(N(Cc2ccccc2)C(C)C)n1. The number of methoxy groups -OCH3 is 1. The molecule has 0 fully saturated rings. The van der Waals surface area contributed by atoms with Gasteiger partial charge in [-0.15, -0.1) is 5.10 Å². The van der Waals surface area contributed by atoms with Gasteiger partial charge in [-0.2, -0.15) is 10.1 Å². The molecule has 0 amide bonds. The molecule has 1 heterocycles. The Hall–Kier alpha value is -3.15. The first-order valence-electron chi connectivity index (χ1n) is 9.53. The van der Waals surface area contributed by atoms with E-state index in [-0.39, 0.29) is 6.04 Å². The average molecular weight is 377 g/mol. The predicted octanol–water partition coefficient (Wildman–Crippen LogP) is 3.95. The Morgan fingerprint density at radius 1 is 1.04 bits per heavy atom. The van der Waals surface area contributed by atoms with Crippen molar-refractivity contribution in [3.05, 3.63) is 71.9 Å². The van der Waals surface area contributed by atoms with E-state index in [1.165, 1.54) is 5.56 Å². The van der Waals surface area contributed by atoms with Gasteiger partial charge in [0.1, 0.15) is 5.75 Å². The van der Waals surface area contributed by atoms with Gasteiger partial charge in [-0.1, -0.05) is 48.5 Å². The highest BCUT2D eigenvalue weighted by molar-refractivity contribution is 5.41. The minimum absolute atomic E-state index is 0.255. The van der Waals surface area contributed by atoms with Gasteiger partial charge in [-0.25, -0.2) is 0 Å². The molecule has 0 unspecified atom stereocenters. The maximum atomic E-state index is 5.41. The predicted molar refractivity (Wildman–Crippen MR) is 113 cm³/mol. The summed E-state index contributed by atoms with van der Waals surface area (Å²) < 4.78 is 5.41. The molecule has 0 radical (unpaired) electrons. The first kappa shape index (κ1) is 19.6.